The lowest BCUT2D eigenvalue weighted by molar-refractivity contribution is -0.153. The number of nitrogens with two attached hydrogens (primary N) is 1. The number of nitrogens with one attached hydrogen (secondary N) is 2. The van der Waals surface area contributed by atoms with Crippen LogP contribution in [0.2, 0.25) is 0 Å². The first-order chi connectivity index (χ1) is 19.9. The zero-order valence-electron chi connectivity index (χ0n) is 23.7. The summed E-state index contributed by atoms with van der Waals surface area (Å²) < 4.78 is 0. The van der Waals surface area contributed by atoms with Crippen molar-refractivity contribution in [3.8, 4) is 5.75 Å². The number of rotatable bonds is 7. The van der Waals surface area contributed by atoms with Crippen molar-refractivity contribution in [2.24, 2.45) is 17.6 Å². The standard InChI is InChI=1S/C29H31N5O8.2ClH/c1-34(2)22-16-10-14-9-13-6-7-17(33-18(35)12-31-11-15-5-3-4-8-32-15)23(36)19(13)24(37)20(14)26(39)29(16,42)27(40)21(25(22)38)28(30)41;;/h3-8,14,16,22,31,36-37,40,42H,9-12H2,1-2H3,(H2,30,41)(H,33,35);2*1H/t14?,16?,22-,29-;;/m0../s1. The molecule has 3 aliphatic rings. The van der Waals surface area contributed by atoms with Gasteiger partial charge in [-0.1, -0.05) is 12.1 Å². The molecule has 2 unspecified atom stereocenters. The number of ketones is 2. The number of aromatic hydroxyl groups is 1. The third-order valence-electron chi connectivity index (χ3n) is 8.19. The molecule has 44 heavy (non-hydrogen) atoms. The summed E-state index contributed by atoms with van der Waals surface area (Å²) in [7, 11) is 3.07. The molecule has 0 radical (unpaired) electrons. The molecule has 0 bridgehead atoms. The van der Waals surface area contributed by atoms with E-state index in [1.54, 1.807) is 24.4 Å². The monoisotopic (exact) mass is 649 g/mol. The number of pyridine rings is 1. The summed E-state index contributed by atoms with van der Waals surface area (Å²) >= 11 is 0. The predicted octanol–water partition coefficient (Wildman–Crippen LogP) is 0.931. The largest absolute Gasteiger partial charge is 0.508 e. The van der Waals surface area contributed by atoms with Gasteiger partial charge in [-0.15, -0.1) is 24.8 Å². The first kappa shape index (κ1) is 34.5. The van der Waals surface area contributed by atoms with E-state index < -0.39 is 69.7 Å². The second-order valence-corrected chi connectivity index (χ2v) is 10.9. The van der Waals surface area contributed by atoms with Crippen LogP contribution in [-0.4, -0.2) is 86.0 Å². The Morgan fingerprint density at radius 1 is 1.11 bits per heavy atom. The molecule has 1 saturated carbocycles. The minimum atomic E-state index is -2.72. The summed E-state index contributed by atoms with van der Waals surface area (Å²) in [5, 5.41) is 50.5. The van der Waals surface area contributed by atoms with Crippen molar-refractivity contribution in [2.45, 2.75) is 31.0 Å². The SMILES string of the molecule is CN(C)[C@@H]1C(=O)C(C(N)=O)=C(O)[C@@]2(O)C(=O)C3=C(O)c4c(ccc(NC(=O)CNCc5ccccn5)c4O)CC3CC12.Cl.Cl. The zero-order chi connectivity index (χ0) is 30.5. The van der Waals surface area contributed by atoms with Gasteiger partial charge < -0.3 is 36.8 Å². The maximum atomic E-state index is 13.9. The second kappa shape index (κ2) is 12.9. The molecule has 2 amide bonds. The van der Waals surface area contributed by atoms with E-state index in [1.807, 2.05) is 6.07 Å². The molecular formula is C29H33Cl2N5O8. The molecular weight excluding hydrogens is 617 g/mol. The highest BCUT2D eigenvalue weighted by atomic mass is 35.5. The number of Topliss-reactive ketones (excluding diaryl/α,β-unsaturated/α-hetero) is 2. The molecule has 0 spiro atoms. The van der Waals surface area contributed by atoms with Gasteiger partial charge in [0.25, 0.3) is 5.91 Å². The van der Waals surface area contributed by atoms with Crippen molar-refractivity contribution in [2.75, 3.05) is 26.0 Å². The van der Waals surface area contributed by atoms with Crippen LogP contribution in [0.5, 0.6) is 5.75 Å². The molecule has 1 fully saturated rings. The molecule has 5 rings (SSSR count). The zero-order valence-corrected chi connectivity index (χ0v) is 25.4. The van der Waals surface area contributed by atoms with E-state index in [9.17, 15) is 39.6 Å². The van der Waals surface area contributed by atoms with Crippen LogP contribution in [0, 0.1) is 11.8 Å². The third kappa shape index (κ3) is 5.53. The fourth-order valence-electron chi connectivity index (χ4n) is 6.32. The number of anilines is 1. The van der Waals surface area contributed by atoms with Crippen molar-refractivity contribution >= 4 is 59.6 Å². The van der Waals surface area contributed by atoms with Crippen molar-refractivity contribution in [1.82, 2.24) is 15.2 Å². The maximum Gasteiger partial charge on any atom is 0.255 e. The summed E-state index contributed by atoms with van der Waals surface area (Å²) in [6, 6.07) is 7.31. The molecule has 1 aromatic carbocycles. The average molecular weight is 651 g/mol. The lowest BCUT2D eigenvalue weighted by Crippen LogP contribution is -2.65. The van der Waals surface area contributed by atoms with Gasteiger partial charge in [0.05, 0.1) is 29.5 Å². The number of aromatic nitrogens is 1. The Balaban J connectivity index is 0.00000264. The maximum absolute atomic E-state index is 13.9. The fourth-order valence-corrected chi connectivity index (χ4v) is 6.32. The number of benzene rings is 1. The van der Waals surface area contributed by atoms with E-state index in [2.05, 4.69) is 15.6 Å². The first-order valence-corrected chi connectivity index (χ1v) is 13.3. The number of primary amides is 1. The van der Waals surface area contributed by atoms with Crippen molar-refractivity contribution in [1.29, 1.82) is 0 Å². The lowest BCUT2D eigenvalue weighted by atomic mass is 9.57. The number of likely N-dealkylation sites (N-methyl/N-ethyl adjacent to an activating group) is 1. The minimum absolute atomic E-state index is 0. The van der Waals surface area contributed by atoms with Gasteiger partial charge in [0.1, 0.15) is 22.8 Å². The van der Waals surface area contributed by atoms with Gasteiger partial charge in [0, 0.05) is 24.2 Å². The molecule has 3 aliphatic carbocycles. The van der Waals surface area contributed by atoms with E-state index in [0.29, 0.717) is 12.1 Å². The molecule has 4 atom stereocenters. The molecule has 8 N–H and O–H groups in total. The van der Waals surface area contributed by atoms with Crippen molar-refractivity contribution < 1.29 is 39.6 Å². The minimum Gasteiger partial charge on any atom is -0.508 e. The third-order valence-corrected chi connectivity index (χ3v) is 8.19. The number of aliphatic hydroxyl groups is 3. The molecule has 1 aromatic heterocycles. The molecule has 2 aromatic rings. The number of hydrogen-bond acceptors (Lipinski definition) is 11. The van der Waals surface area contributed by atoms with Crippen LogP contribution in [0.3, 0.4) is 0 Å². The van der Waals surface area contributed by atoms with E-state index in [-0.39, 0.29) is 61.0 Å². The summed E-state index contributed by atoms with van der Waals surface area (Å²) in [6.45, 7) is 0.235. The summed E-state index contributed by atoms with van der Waals surface area (Å²) in [4.78, 5) is 57.3. The van der Waals surface area contributed by atoms with Crippen molar-refractivity contribution in [3.05, 3.63) is 70.3 Å². The van der Waals surface area contributed by atoms with Crippen molar-refractivity contribution in [3.63, 3.8) is 0 Å². The summed E-state index contributed by atoms with van der Waals surface area (Å²) in [6.07, 6.45) is 1.78. The Morgan fingerprint density at radius 3 is 2.43 bits per heavy atom. The number of carbonyl (C=O) groups is 4. The van der Waals surface area contributed by atoms with Gasteiger partial charge in [-0.2, -0.15) is 0 Å². The van der Waals surface area contributed by atoms with E-state index in [1.165, 1.54) is 25.1 Å². The Hall–Kier alpha value is -4.01. The first-order valence-electron chi connectivity index (χ1n) is 13.3. The smallest absolute Gasteiger partial charge is 0.255 e. The van der Waals surface area contributed by atoms with Crippen LogP contribution in [-0.2, 0) is 32.1 Å². The molecule has 0 aliphatic heterocycles. The van der Waals surface area contributed by atoms with E-state index in [0.717, 1.165) is 5.69 Å². The number of hydrogen-bond donors (Lipinski definition) is 7. The molecule has 1 heterocycles. The van der Waals surface area contributed by atoms with Crippen LogP contribution in [0.1, 0.15) is 23.2 Å². The lowest BCUT2D eigenvalue weighted by Gasteiger charge is -2.50. The number of fused-ring (bicyclic) bond motifs is 3. The van der Waals surface area contributed by atoms with Crippen LogP contribution < -0.4 is 16.4 Å². The number of carbonyl (C=O) groups excluding carboxylic acids is 4. The Labute approximate surface area is 264 Å². The van der Waals surface area contributed by atoms with Crippen LogP contribution in [0.25, 0.3) is 5.76 Å². The number of nitrogens with zero attached hydrogens (tertiary/aromatic N) is 2. The van der Waals surface area contributed by atoms with E-state index in [4.69, 9.17) is 5.73 Å². The number of amides is 2. The number of halogens is 2. The number of phenolic OH excluding ortho intramolecular Hbond substituents is 1. The molecule has 236 valence electrons. The Morgan fingerprint density at radius 2 is 1.82 bits per heavy atom. The number of aliphatic hydroxyl groups excluding tert-OH is 2. The Kier molecular flexibility index (Phi) is 10.1. The molecule has 15 heteroatoms. The van der Waals surface area contributed by atoms with E-state index >= 15 is 0 Å². The van der Waals surface area contributed by atoms with Crippen LogP contribution in [0.15, 0.2) is 53.4 Å². The summed E-state index contributed by atoms with van der Waals surface area (Å²) in [5.41, 5.74) is 2.57. The van der Waals surface area contributed by atoms with Gasteiger partial charge >= 0.3 is 0 Å². The quantitative estimate of drug-likeness (QED) is 0.165. The molecule has 0 saturated heterocycles. The van der Waals surface area contributed by atoms with Gasteiger partial charge in [-0.3, -0.25) is 29.1 Å². The van der Waals surface area contributed by atoms with Gasteiger partial charge in [-0.05, 0) is 56.6 Å². The van der Waals surface area contributed by atoms with Gasteiger partial charge in [0.2, 0.25) is 11.7 Å². The predicted molar refractivity (Wildman–Crippen MR) is 163 cm³/mol. The molecule has 13 nitrogen and oxygen atoms in total. The average Bonchev–Trinajstić information content (AvgIpc) is 2.92. The topological polar surface area (TPSA) is 215 Å². The summed E-state index contributed by atoms with van der Waals surface area (Å²) in [5.74, 6) is -7.79. The fraction of sp³-hybridized carbons (Fsp3) is 0.345. The Bertz CT molecular complexity index is 1580. The van der Waals surface area contributed by atoms with Crippen LogP contribution in [0.4, 0.5) is 5.69 Å². The van der Waals surface area contributed by atoms with Gasteiger partial charge in [0.15, 0.2) is 11.4 Å². The highest BCUT2D eigenvalue weighted by Crippen LogP contribution is 2.53. The highest BCUT2D eigenvalue weighted by Gasteiger charge is 2.64. The van der Waals surface area contributed by atoms with Gasteiger partial charge in [-0.25, -0.2) is 0 Å². The van der Waals surface area contributed by atoms with Crippen LogP contribution >= 0.6 is 24.8 Å². The number of phenols is 1. The normalized spacial score (nSPS) is 24.0. The second-order valence-electron chi connectivity index (χ2n) is 10.9. The highest BCUT2D eigenvalue weighted by molar-refractivity contribution is 6.24.